The molecular weight excluding hydrogens is 456 g/mol. The average molecular weight is 487 g/mol. The number of methoxy groups -OCH3 is 1. The monoisotopic (exact) mass is 486 g/mol. The van der Waals surface area contributed by atoms with E-state index < -0.39 is 6.04 Å². The molecule has 0 aliphatic rings. The fourth-order valence-corrected chi connectivity index (χ4v) is 4.27. The Morgan fingerprint density at radius 2 is 1.69 bits per heavy atom. The molecule has 2 heterocycles. The lowest BCUT2D eigenvalue weighted by Gasteiger charge is -2.33. The minimum absolute atomic E-state index is 0.119. The molecule has 0 aliphatic heterocycles. The Kier molecular flexibility index (Phi) is 7.85. The molecule has 1 unspecified atom stereocenters. The number of ether oxygens (including phenoxy) is 1. The number of hydrogen-bond donors (Lipinski definition) is 1. The maximum atomic E-state index is 12.8. The number of rotatable bonds is 10. The SMILES string of the molecule is COc1ccccc1CN(CC(Cc1c[nH]c2ccccc12)N(Oc1ccccn1)C(C)=O)C(C)=O. The summed E-state index contributed by atoms with van der Waals surface area (Å²) in [4.78, 5) is 40.8. The van der Waals surface area contributed by atoms with Gasteiger partial charge in [0.1, 0.15) is 5.75 Å². The number of carbonyl (C=O) groups excluding carboxylic acids is 2. The van der Waals surface area contributed by atoms with E-state index in [1.165, 1.54) is 18.9 Å². The average Bonchev–Trinajstić information content (AvgIpc) is 3.30. The van der Waals surface area contributed by atoms with Gasteiger partial charge in [0.15, 0.2) is 0 Å². The van der Waals surface area contributed by atoms with Crippen molar-refractivity contribution in [2.75, 3.05) is 13.7 Å². The molecule has 4 aromatic rings. The smallest absolute Gasteiger partial charge is 0.252 e. The van der Waals surface area contributed by atoms with Gasteiger partial charge in [-0.25, -0.2) is 4.98 Å². The number of hydrogen-bond acceptors (Lipinski definition) is 5. The first-order chi connectivity index (χ1) is 17.5. The van der Waals surface area contributed by atoms with Crippen LogP contribution in [0.5, 0.6) is 11.6 Å². The molecule has 0 spiro atoms. The number of aromatic amines is 1. The number of hydroxylamine groups is 2. The zero-order valence-electron chi connectivity index (χ0n) is 20.7. The molecule has 8 heteroatoms. The van der Waals surface area contributed by atoms with Crippen LogP contribution < -0.4 is 9.57 Å². The number of amides is 2. The number of nitrogens with one attached hydrogen (secondary N) is 1. The number of carbonyl (C=O) groups is 2. The van der Waals surface area contributed by atoms with Gasteiger partial charge in [0.05, 0.1) is 13.2 Å². The van der Waals surface area contributed by atoms with Crippen molar-refractivity contribution in [2.45, 2.75) is 32.9 Å². The molecule has 0 saturated carbocycles. The molecule has 1 atom stereocenters. The Morgan fingerprint density at radius 3 is 2.42 bits per heavy atom. The number of aromatic nitrogens is 2. The van der Waals surface area contributed by atoms with E-state index in [2.05, 4.69) is 9.97 Å². The van der Waals surface area contributed by atoms with E-state index in [1.807, 2.05) is 54.7 Å². The van der Waals surface area contributed by atoms with Crippen LogP contribution in [-0.2, 0) is 22.6 Å². The quantitative estimate of drug-likeness (QED) is 0.336. The molecule has 186 valence electrons. The Hall–Kier alpha value is -4.33. The molecule has 8 nitrogen and oxygen atoms in total. The molecule has 0 fully saturated rings. The van der Waals surface area contributed by atoms with Crippen molar-refractivity contribution in [3.8, 4) is 11.6 Å². The van der Waals surface area contributed by atoms with E-state index in [0.717, 1.165) is 22.0 Å². The molecule has 2 aromatic carbocycles. The highest BCUT2D eigenvalue weighted by Gasteiger charge is 2.29. The van der Waals surface area contributed by atoms with Crippen molar-refractivity contribution in [1.29, 1.82) is 0 Å². The van der Waals surface area contributed by atoms with Gasteiger partial charge in [0.25, 0.3) is 5.91 Å². The van der Waals surface area contributed by atoms with Crippen LogP contribution in [0.3, 0.4) is 0 Å². The van der Waals surface area contributed by atoms with Gasteiger partial charge in [-0.05, 0) is 23.8 Å². The van der Waals surface area contributed by atoms with Gasteiger partial charge in [0.2, 0.25) is 11.8 Å². The first kappa shape index (κ1) is 24.8. The van der Waals surface area contributed by atoms with Gasteiger partial charge < -0.3 is 19.5 Å². The number of benzene rings is 2. The standard InChI is InChI=1S/C28H30N4O4/c1-20(33)31(18-22-10-4-7-13-27(22)35-3)19-24(16-23-17-30-26-12-6-5-11-25(23)26)32(21(2)34)36-28-14-8-9-15-29-28/h4-15,17,24,30H,16,18-19H2,1-3H3. The Morgan fingerprint density at radius 1 is 0.944 bits per heavy atom. The molecule has 2 aromatic heterocycles. The van der Waals surface area contributed by atoms with Crippen LogP contribution in [0, 0.1) is 0 Å². The zero-order valence-corrected chi connectivity index (χ0v) is 20.7. The van der Waals surface area contributed by atoms with E-state index in [-0.39, 0.29) is 18.4 Å². The third kappa shape index (κ3) is 5.83. The molecular formula is C28H30N4O4. The second-order valence-electron chi connectivity index (χ2n) is 8.53. The predicted molar refractivity (Wildman–Crippen MR) is 137 cm³/mol. The molecule has 0 saturated heterocycles. The molecule has 0 bridgehead atoms. The molecule has 0 radical (unpaired) electrons. The second kappa shape index (κ2) is 11.4. The van der Waals surface area contributed by atoms with E-state index in [1.54, 1.807) is 36.4 Å². The van der Waals surface area contributed by atoms with Gasteiger partial charge in [-0.1, -0.05) is 42.5 Å². The maximum absolute atomic E-state index is 12.8. The van der Waals surface area contributed by atoms with Crippen LogP contribution in [0.25, 0.3) is 10.9 Å². The summed E-state index contributed by atoms with van der Waals surface area (Å²) in [5.41, 5.74) is 2.90. The lowest BCUT2D eigenvalue weighted by Crippen LogP contribution is -2.50. The summed E-state index contributed by atoms with van der Waals surface area (Å²) < 4.78 is 5.49. The topological polar surface area (TPSA) is 87.8 Å². The highest BCUT2D eigenvalue weighted by Crippen LogP contribution is 2.24. The van der Waals surface area contributed by atoms with Gasteiger partial charge in [-0.3, -0.25) is 9.59 Å². The Balaban J connectivity index is 1.68. The first-order valence-corrected chi connectivity index (χ1v) is 11.8. The summed E-state index contributed by atoms with van der Waals surface area (Å²) in [6.07, 6.45) is 4.01. The third-order valence-electron chi connectivity index (χ3n) is 6.03. The molecule has 1 N–H and O–H groups in total. The second-order valence-corrected chi connectivity index (χ2v) is 8.53. The molecule has 4 rings (SSSR count). The Bertz CT molecular complexity index is 1320. The van der Waals surface area contributed by atoms with Gasteiger partial charge >= 0.3 is 0 Å². The first-order valence-electron chi connectivity index (χ1n) is 11.8. The van der Waals surface area contributed by atoms with Crippen LogP contribution in [0.4, 0.5) is 0 Å². The Labute approximate surface area is 210 Å². The van der Waals surface area contributed by atoms with E-state index >= 15 is 0 Å². The van der Waals surface area contributed by atoms with Crippen molar-refractivity contribution < 1.29 is 19.2 Å². The van der Waals surface area contributed by atoms with Gasteiger partial charge in [-0.15, -0.1) is 0 Å². The van der Waals surface area contributed by atoms with Crippen LogP contribution >= 0.6 is 0 Å². The number of nitrogens with zero attached hydrogens (tertiary/aromatic N) is 3. The minimum atomic E-state index is -0.484. The van der Waals surface area contributed by atoms with E-state index in [4.69, 9.17) is 9.57 Å². The summed E-state index contributed by atoms with van der Waals surface area (Å²) >= 11 is 0. The highest BCUT2D eigenvalue weighted by atomic mass is 16.7. The number of para-hydroxylation sites is 2. The largest absolute Gasteiger partial charge is 0.496 e. The van der Waals surface area contributed by atoms with Gasteiger partial charge in [-0.2, -0.15) is 5.06 Å². The molecule has 2 amide bonds. The molecule has 36 heavy (non-hydrogen) atoms. The maximum Gasteiger partial charge on any atom is 0.252 e. The minimum Gasteiger partial charge on any atom is -0.496 e. The van der Waals surface area contributed by atoms with Crippen LogP contribution in [0.15, 0.2) is 79.1 Å². The fraction of sp³-hybridized carbons (Fsp3) is 0.250. The van der Waals surface area contributed by atoms with Crippen molar-refractivity contribution in [3.63, 3.8) is 0 Å². The molecule has 0 aliphatic carbocycles. The summed E-state index contributed by atoms with van der Waals surface area (Å²) in [6.45, 7) is 3.55. The van der Waals surface area contributed by atoms with Crippen molar-refractivity contribution in [2.24, 2.45) is 0 Å². The summed E-state index contributed by atoms with van der Waals surface area (Å²) in [7, 11) is 1.61. The van der Waals surface area contributed by atoms with Crippen LogP contribution in [0.2, 0.25) is 0 Å². The number of pyridine rings is 1. The zero-order chi connectivity index (χ0) is 25.5. The fourth-order valence-electron chi connectivity index (χ4n) is 4.27. The number of fused-ring (bicyclic) bond motifs is 1. The predicted octanol–water partition coefficient (Wildman–Crippen LogP) is 4.37. The van der Waals surface area contributed by atoms with Crippen LogP contribution in [0.1, 0.15) is 25.0 Å². The van der Waals surface area contributed by atoms with E-state index in [9.17, 15) is 9.59 Å². The van der Waals surface area contributed by atoms with Crippen molar-refractivity contribution >= 4 is 22.7 Å². The lowest BCUT2D eigenvalue weighted by atomic mass is 10.0. The van der Waals surface area contributed by atoms with Crippen molar-refractivity contribution in [3.05, 3.63) is 90.3 Å². The van der Waals surface area contributed by atoms with E-state index in [0.29, 0.717) is 24.6 Å². The third-order valence-corrected chi connectivity index (χ3v) is 6.03. The summed E-state index contributed by atoms with van der Waals surface area (Å²) in [6, 6.07) is 20.3. The van der Waals surface area contributed by atoms with Crippen LogP contribution in [-0.4, -0.2) is 51.4 Å². The number of H-pyrrole nitrogens is 1. The highest BCUT2D eigenvalue weighted by molar-refractivity contribution is 5.83. The lowest BCUT2D eigenvalue weighted by molar-refractivity contribution is -0.167. The summed E-state index contributed by atoms with van der Waals surface area (Å²) in [5.74, 6) is 0.596. The normalized spacial score (nSPS) is 11.6. The van der Waals surface area contributed by atoms with Gasteiger partial charge in [0, 0.05) is 68.3 Å². The van der Waals surface area contributed by atoms with Crippen molar-refractivity contribution in [1.82, 2.24) is 19.9 Å². The summed E-state index contributed by atoms with van der Waals surface area (Å²) in [5, 5.41) is 2.38.